The molecule has 0 N–H and O–H groups in total. The zero-order valence-corrected chi connectivity index (χ0v) is 18.6. The summed E-state index contributed by atoms with van der Waals surface area (Å²) >= 11 is 0. The summed E-state index contributed by atoms with van der Waals surface area (Å²) in [4.78, 5) is 23.4. The van der Waals surface area contributed by atoms with Crippen LogP contribution in [0.3, 0.4) is 0 Å². The molecule has 1 fully saturated rings. The van der Waals surface area contributed by atoms with Crippen molar-refractivity contribution in [1.82, 2.24) is 0 Å². The van der Waals surface area contributed by atoms with Gasteiger partial charge in [-0.2, -0.15) is 0 Å². The third-order valence-electron chi connectivity index (χ3n) is 6.14. The van der Waals surface area contributed by atoms with Crippen LogP contribution in [0, 0.1) is 5.92 Å². The van der Waals surface area contributed by atoms with Gasteiger partial charge in [0.2, 0.25) is 0 Å². The Kier molecular flexibility index (Phi) is 8.67. The third-order valence-corrected chi connectivity index (χ3v) is 6.14. The van der Waals surface area contributed by atoms with E-state index in [1.807, 2.05) is 12.1 Å². The maximum Gasteiger partial charge on any atom is 0.305 e. The summed E-state index contributed by atoms with van der Waals surface area (Å²) in [5, 5.41) is 0. The Hall–Kier alpha value is -2.18. The van der Waals surface area contributed by atoms with E-state index in [0.717, 1.165) is 50.7 Å². The van der Waals surface area contributed by atoms with Crippen LogP contribution in [0.1, 0.15) is 56.6 Å². The molecule has 0 amide bonds. The number of rotatable bonds is 10. The Bertz CT molecular complexity index is 767. The minimum atomic E-state index is -0.795. The summed E-state index contributed by atoms with van der Waals surface area (Å²) in [6.07, 6.45) is 9.80. The van der Waals surface area contributed by atoms with Crippen molar-refractivity contribution in [3.8, 4) is 0 Å². The number of carbonyl (C=O) groups excluding carboxylic acids is 2. The normalized spacial score (nSPS) is 25.4. The molecule has 170 valence electrons. The van der Waals surface area contributed by atoms with Gasteiger partial charge >= 0.3 is 11.9 Å². The van der Waals surface area contributed by atoms with E-state index >= 15 is 0 Å². The van der Waals surface area contributed by atoms with Crippen molar-refractivity contribution < 1.29 is 28.5 Å². The number of fused-ring (bicyclic) bond motifs is 1. The molecular formula is C25H34O6. The van der Waals surface area contributed by atoms with Gasteiger partial charge in [-0.25, -0.2) is 0 Å². The number of ether oxygens (including phenoxy) is 4. The fourth-order valence-corrected chi connectivity index (χ4v) is 4.58. The van der Waals surface area contributed by atoms with Crippen molar-refractivity contribution in [2.75, 3.05) is 26.9 Å². The molecule has 1 aromatic carbocycles. The van der Waals surface area contributed by atoms with Gasteiger partial charge in [0.25, 0.3) is 0 Å². The summed E-state index contributed by atoms with van der Waals surface area (Å²) < 4.78 is 22.6. The number of benzene rings is 1. The monoisotopic (exact) mass is 430 g/mol. The van der Waals surface area contributed by atoms with E-state index in [2.05, 4.69) is 29.0 Å². The lowest BCUT2D eigenvalue weighted by Gasteiger charge is -2.37. The second kappa shape index (κ2) is 11.4. The van der Waals surface area contributed by atoms with E-state index in [1.165, 1.54) is 19.6 Å². The van der Waals surface area contributed by atoms with Crippen molar-refractivity contribution in [1.29, 1.82) is 0 Å². The van der Waals surface area contributed by atoms with Gasteiger partial charge in [0.05, 0.1) is 26.4 Å². The first-order valence-electron chi connectivity index (χ1n) is 11.2. The van der Waals surface area contributed by atoms with Crippen LogP contribution in [0.2, 0.25) is 0 Å². The molecule has 0 bridgehead atoms. The first-order chi connectivity index (χ1) is 15.0. The van der Waals surface area contributed by atoms with Gasteiger partial charge in [0.1, 0.15) is 0 Å². The number of hydrogen-bond acceptors (Lipinski definition) is 6. The minimum absolute atomic E-state index is 0.0310. The Balaban J connectivity index is 1.72. The molecule has 31 heavy (non-hydrogen) atoms. The van der Waals surface area contributed by atoms with Crippen molar-refractivity contribution in [2.45, 2.75) is 63.6 Å². The molecule has 1 aliphatic heterocycles. The Labute approximate surface area is 184 Å². The minimum Gasteiger partial charge on any atom is -0.469 e. The second-order valence-corrected chi connectivity index (χ2v) is 8.37. The van der Waals surface area contributed by atoms with E-state index in [-0.39, 0.29) is 24.0 Å². The number of unbranched alkanes of at least 4 members (excludes halogenated alkanes) is 1. The van der Waals surface area contributed by atoms with Gasteiger partial charge in [-0.1, -0.05) is 36.4 Å². The molecule has 3 atom stereocenters. The Morgan fingerprint density at radius 2 is 2.10 bits per heavy atom. The number of methoxy groups -OCH3 is 1. The largest absolute Gasteiger partial charge is 0.469 e. The average Bonchev–Trinajstić information content (AvgIpc) is 3.08. The molecule has 0 radical (unpaired) electrons. The summed E-state index contributed by atoms with van der Waals surface area (Å²) in [5.41, 5.74) is 1.46. The van der Waals surface area contributed by atoms with Gasteiger partial charge in [0, 0.05) is 31.4 Å². The SMILES string of the molecule is COC(=O)CCC/C=C\CC1Cc2ccccc2C1(COC1CCCOC1)OC(C)=O. The molecule has 1 aromatic rings. The lowest BCUT2D eigenvalue weighted by atomic mass is 9.85. The zero-order valence-electron chi connectivity index (χ0n) is 18.6. The molecule has 0 spiro atoms. The standard InChI is InChI=1S/C25H34O6/c1-19(26)31-25(18-30-22-12-9-15-29-17-22)21(16-20-10-7-8-13-23(20)25)11-5-3-4-6-14-24(27)28-2/h3,5,7-8,10,13,21-22H,4,6,9,11-12,14-18H2,1-2H3/b5-3-. The van der Waals surface area contributed by atoms with Crippen LogP contribution in [0.25, 0.3) is 0 Å². The zero-order chi connectivity index (χ0) is 22.1. The summed E-state index contributed by atoms with van der Waals surface area (Å²) in [5.74, 6) is -0.389. The van der Waals surface area contributed by atoms with Gasteiger partial charge in [0.15, 0.2) is 5.60 Å². The van der Waals surface area contributed by atoms with Crippen molar-refractivity contribution in [3.05, 3.63) is 47.5 Å². The first-order valence-corrected chi connectivity index (χ1v) is 11.2. The van der Waals surface area contributed by atoms with Crippen LogP contribution < -0.4 is 0 Å². The van der Waals surface area contributed by atoms with E-state index in [1.54, 1.807) is 0 Å². The maximum absolute atomic E-state index is 12.2. The highest BCUT2D eigenvalue weighted by Gasteiger charge is 2.49. The van der Waals surface area contributed by atoms with E-state index in [0.29, 0.717) is 19.6 Å². The van der Waals surface area contributed by atoms with Crippen molar-refractivity contribution in [3.63, 3.8) is 0 Å². The summed E-state index contributed by atoms with van der Waals surface area (Å²) in [6, 6.07) is 8.18. The lowest BCUT2D eigenvalue weighted by Crippen LogP contribution is -2.43. The van der Waals surface area contributed by atoms with Crippen LogP contribution in [-0.4, -0.2) is 45.0 Å². The van der Waals surface area contributed by atoms with Crippen molar-refractivity contribution in [2.24, 2.45) is 5.92 Å². The Morgan fingerprint density at radius 1 is 1.26 bits per heavy atom. The molecule has 1 heterocycles. The van der Waals surface area contributed by atoms with Crippen LogP contribution in [0.4, 0.5) is 0 Å². The smallest absolute Gasteiger partial charge is 0.305 e. The highest BCUT2D eigenvalue weighted by Crippen LogP contribution is 2.47. The van der Waals surface area contributed by atoms with Gasteiger partial charge in [-0.05, 0) is 44.1 Å². The highest BCUT2D eigenvalue weighted by atomic mass is 16.6. The van der Waals surface area contributed by atoms with Gasteiger partial charge in [-0.15, -0.1) is 0 Å². The molecule has 6 nitrogen and oxygen atoms in total. The summed E-state index contributed by atoms with van der Waals surface area (Å²) in [6.45, 7) is 3.16. The maximum atomic E-state index is 12.2. The predicted molar refractivity (Wildman–Crippen MR) is 116 cm³/mol. The quantitative estimate of drug-likeness (QED) is 0.316. The average molecular weight is 431 g/mol. The van der Waals surface area contributed by atoms with Crippen LogP contribution in [0.5, 0.6) is 0 Å². The third kappa shape index (κ3) is 6.17. The molecule has 6 heteroatoms. The molecular weight excluding hydrogens is 396 g/mol. The summed E-state index contributed by atoms with van der Waals surface area (Å²) in [7, 11) is 1.41. The molecule has 3 rings (SSSR count). The lowest BCUT2D eigenvalue weighted by molar-refractivity contribution is -0.181. The topological polar surface area (TPSA) is 71.1 Å². The number of carbonyl (C=O) groups is 2. The fourth-order valence-electron chi connectivity index (χ4n) is 4.58. The van der Waals surface area contributed by atoms with Crippen LogP contribution >= 0.6 is 0 Å². The predicted octanol–water partition coefficient (Wildman–Crippen LogP) is 4.10. The van der Waals surface area contributed by atoms with E-state index in [4.69, 9.17) is 14.2 Å². The number of hydrogen-bond donors (Lipinski definition) is 0. The molecule has 1 saturated heterocycles. The highest BCUT2D eigenvalue weighted by molar-refractivity contribution is 5.69. The Morgan fingerprint density at radius 3 is 2.84 bits per heavy atom. The first kappa shape index (κ1) is 23.5. The molecule has 3 unspecified atom stereocenters. The fraction of sp³-hybridized carbons (Fsp3) is 0.600. The van der Waals surface area contributed by atoms with Crippen molar-refractivity contribution >= 4 is 11.9 Å². The number of esters is 2. The molecule has 2 aliphatic rings. The molecule has 0 saturated carbocycles. The van der Waals surface area contributed by atoms with Crippen LogP contribution in [-0.2, 0) is 40.6 Å². The van der Waals surface area contributed by atoms with Gasteiger partial charge in [-0.3, -0.25) is 9.59 Å². The van der Waals surface area contributed by atoms with E-state index in [9.17, 15) is 9.59 Å². The number of allylic oxidation sites excluding steroid dienone is 2. The molecule has 0 aromatic heterocycles. The van der Waals surface area contributed by atoms with Crippen LogP contribution in [0.15, 0.2) is 36.4 Å². The molecule has 1 aliphatic carbocycles. The second-order valence-electron chi connectivity index (χ2n) is 8.37. The van der Waals surface area contributed by atoms with E-state index < -0.39 is 5.60 Å². The van der Waals surface area contributed by atoms with Gasteiger partial charge < -0.3 is 18.9 Å².